The summed E-state index contributed by atoms with van der Waals surface area (Å²) in [5, 5.41) is 0. The van der Waals surface area contributed by atoms with Crippen molar-refractivity contribution in [1.82, 2.24) is 0 Å². The minimum absolute atomic E-state index is 0.111. The number of anilines is 1. The molecule has 0 unspecified atom stereocenters. The van der Waals surface area contributed by atoms with Crippen molar-refractivity contribution in [2.24, 2.45) is 0 Å². The van der Waals surface area contributed by atoms with Crippen molar-refractivity contribution in [1.29, 1.82) is 0 Å². The standard InChI is InChI=1S/C15H13F2NO2/c1-9-4-11(6-13(18)5-9)15(19)20-8-10-2-3-12(16)7-14(10)17/h2-7H,8,18H2,1H3. The molecule has 2 aromatic carbocycles. The maximum Gasteiger partial charge on any atom is 0.338 e. The second kappa shape index (κ2) is 5.69. The van der Waals surface area contributed by atoms with Crippen LogP contribution in [0.3, 0.4) is 0 Å². The molecule has 0 atom stereocenters. The van der Waals surface area contributed by atoms with E-state index in [1.165, 1.54) is 12.1 Å². The summed E-state index contributed by atoms with van der Waals surface area (Å²) in [4.78, 5) is 11.8. The van der Waals surface area contributed by atoms with Gasteiger partial charge < -0.3 is 10.5 Å². The van der Waals surface area contributed by atoms with Gasteiger partial charge in [0.2, 0.25) is 0 Å². The van der Waals surface area contributed by atoms with E-state index in [4.69, 9.17) is 10.5 Å². The average molecular weight is 277 g/mol. The highest BCUT2D eigenvalue weighted by Gasteiger charge is 2.11. The van der Waals surface area contributed by atoms with Gasteiger partial charge in [-0.15, -0.1) is 0 Å². The van der Waals surface area contributed by atoms with Crippen LogP contribution < -0.4 is 5.73 Å². The van der Waals surface area contributed by atoms with Crippen molar-refractivity contribution in [3.8, 4) is 0 Å². The van der Waals surface area contributed by atoms with Gasteiger partial charge in [0.25, 0.3) is 0 Å². The van der Waals surface area contributed by atoms with Gasteiger partial charge in [-0.25, -0.2) is 13.6 Å². The molecule has 0 aliphatic rings. The fraction of sp³-hybridized carbons (Fsp3) is 0.133. The lowest BCUT2D eigenvalue weighted by Gasteiger charge is -2.07. The summed E-state index contributed by atoms with van der Waals surface area (Å²) in [6, 6.07) is 7.92. The first kappa shape index (κ1) is 14.0. The Kier molecular flexibility index (Phi) is 3.98. The number of nitrogens with two attached hydrogens (primary N) is 1. The Labute approximate surface area is 115 Å². The first-order chi connectivity index (χ1) is 9.45. The highest BCUT2D eigenvalue weighted by molar-refractivity contribution is 5.90. The molecule has 0 saturated heterocycles. The van der Waals surface area contributed by atoms with Gasteiger partial charge in [0.05, 0.1) is 5.56 Å². The van der Waals surface area contributed by atoms with Crippen LogP contribution in [0.1, 0.15) is 21.5 Å². The molecule has 0 fully saturated rings. The molecular formula is C15H13F2NO2. The summed E-state index contributed by atoms with van der Waals surface area (Å²) in [6.07, 6.45) is 0. The molecule has 0 spiro atoms. The minimum Gasteiger partial charge on any atom is -0.457 e. The highest BCUT2D eigenvalue weighted by atomic mass is 19.1. The summed E-state index contributed by atoms with van der Waals surface area (Å²) < 4.78 is 31.1. The van der Waals surface area contributed by atoms with E-state index < -0.39 is 17.6 Å². The van der Waals surface area contributed by atoms with Gasteiger partial charge >= 0.3 is 5.97 Å². The Bertz CT molecular complexity index is 636. The van der Waals surface area contributed by atoms with Crippen LogP contribution >= 0.6 is 0 Å². The topological polar surface area (TPSA) is 52.3 Å². The smallest absolute Gasteiger partial charge is 0.338 e. The average Bonchev–Trinajstić information content (AvgIpc) is 2.36. The first-order valence-corrected chi connectivity index (χ1v) is 5.94. The fourth-order valence-corrected chi connectivity index (χ4v) is 1.80. The summed E-state index contributed by atoms with van der Waals surface area (Å²) >= 11 is 0. The number of ether oxygens (including phenoxy) is 1. The number of rotatable bonds is 3. The van der Waals surface area contributed by atoms with E-state index >= 15 is 0 Å². The van der Waals surface area contributed by atoms with Gasteiger partial charge in [0.1, 0.15) is 18.2 Å². The van der Waals surface area contributed by atoms with Crippen LogP contribution in [0.25, 0.3) is 0 Å². The predicted molar refractivity (Wildman–Crippen MR) is 71.1 cm³/mol. The molecule has 0 amide bonds. The number of esters is 1. The maximum atomic E-state index is 13.4. The first-order valence-electron chi connectivity index (χ1n) is 5.94. The van der Waals surface area contributed by atoms with Crippen molar-refractivity contribution in [2.75, 3.05) is 5.73 Å². The van der Waals surface area contributed by atoms with Crippen LogP contribution in [0.15, 0.2) is 36.4 Å². The summed E-state index contributed by atoms with van der Waals surface area (Å²) in [5.74, 6) is -2.03. The zero-order chi connectivity index (χ0) is 14.7. The fourth-order valence-electron chi connectivity index (χ4n) is 1.80. The number of hydrogen-bond acceptors (Lipinski definition) is 3. The molecule has 2 N–H and O–H groups in total. The minimum atomic E-state index is -0.749. The van der Waals surface area contributed by atoms with Crippen molar-refractivity contribution < 1.29 is 18.3 Å². The van der Waals surface area contributed by atoms with Crippen LogP contribution in [0.5, 0.6) is 0 Å². The normalized spacial score (nSPS) is 10.3. The molecular weight excluding hydrogens is 264 g/mol. The number of carbonyl (C=O) groups is 1. The Balaban J connectivity index is 2.08. The van der Waals surface area contributed by atoms with E-state index in [2.05, 4.69) is 0 Å². The number of hydrogen-bond donors (Lipinski definition) is 1. The van der Waals surface area contributed by atoms with Crippen molar-refractivity contribution >= 4 is 11.7 Å². The third-order valence-electron chi connectivity index (χ3n) is 2.71. The third-order valence-corrected chi connectivity index (χ3v) is 2.71. The molecule has 20 heavy (non-hydrogen) atoms. The number of benzene rings is 2. The molecule has 0 bridgehead atoms. The second-order valence-electron chi connectivity index (χ2n) is 4.44. The van der Waals surface area contributed by atoms with Gasteiger partial charge in [-0.1, -0.05) is 0 Å². The van der Waals surface area contributed by atoms with Crippen LogP contribution in [-0.4, -0.2) is 5.97 Å². The van der Waals surface area contributed by atoms with Gasteiger partial charge in [-0.2, -0.15) is 0 Å². The zero-order valence-electron chi connectivity index (χ0n) is 10.8. The third kappa shape index (κ3) is 3.32. The van der Waals surface area contributed by atoms with Crippen LogP contribution in [0.4, 0.5) is 14.5 Å². The van der Waals surface area contributed by atoms with Gasteiger partial charge in [0, 0.05) is 17.3 Å². The molecule has 0 aliphatic carbocycles. The molecule has 0 saturated carbocycles. The number of aryl methyl sites for hydroxylation is 1. The summed E-state index contributed by atoms with van der Waals surface area (Å²) in [6.45, 7) is 1.53. The summed E-state index contributed by atoms with van der Waals surface area (Å²) in [5.41, 5.74) is 7.32. The molecule has 2 rings (SSSR count). The molecule has 0 aliphatic heterocycles. The lowest BCUT2D eigenvalue weighted by molar-refractivity contribution is 0.0469. The molecule has 0 aromatic heterocycles. The van der Waals surface area contributed by atoms with Crippen molar-refractivity contribution in [3.63, 3.8) is 0 Å². The summed E-state index contributed by atoms with van der Waals surface area (Å²) in [7, 11) is 0. The number of nitrogen functional groups attached to an aromatic ring is 1. The molecule has 0 radical (unpaired) electrons. The zero-order valence-corrected chi connectivity index (χ0v) is 10.8. The van der Waals surface area contributed by atoms with Gasteiger partial charge in [0.15, 0.2) is 0 Å². The Hall–Kier alpha value is -2.43. The van der Waals surface area contributed by atoms with E-state index in [9.17, 15) is 13.6 Å². The Morgan fingerprint density at radius 1 is 1.20 bits per heavy atom. The molecule has 0 heterocycles. The van der Waals surface area contributed by atoms with E-state index in [1.54, 1.807) is 19.1 Å². The van der Waals surface area contributed by atoms with E-state index in [1.807, 2.05) is 0 Å². The highest BCUT2D eigenvalue weighted by Crippen LogP contribution is 2.15. The van der Waals surface area contributed by atoms with Crippen molar-refractivity contribution in [3.05, 3.63) is 64.7 Å². The van der Waals surface area contributed by atoms with E-state index in [0.717, 1.165) is 17.7 Å². The SMILES string of the molecule is Cc1cc(N)cc(C(=O)OCc2ccc(F)cc2F)c1. The largest absolute Gasteiger partial charge is 0.457 e. The predicted octanol–water partition coefficient (Wildman–Crippen LogP) is 3.21. The molecule has 3 nitrogen and oxygen atoms in total. The molecule has 104 valence electrons. The quantitative estimate of drug-likeness (QED) is 0.692. The van der Waals surface area contributed by atoms with Crippen LogP contribution in [-0.2, 0) is 11.3 Å². The Morgan fingerprint density at radius 3 is 2.60 bits per heavy atom. The maximum absolute atomic E-state index is 13.4. The molecule has 5 heteroatoms. The van der Waals surface area contributed by atoms with Gasteiger partial charge in [-0.3, -0.25) is 0 Å². The van der Waals surface area contributed by atoms with Crippen molar-refractivity contribution in [2.45, 2.75) is 13.5 Å². The van der Waals surface area contributed by atoms with E-state index in [-0.39, 0.29) is 12.2 Å². The van der Waals surface area contributed by atoms with Crippen LogP contribution in [0.2, 0.25) is 0 Å². The monoisotopic (exact) mass is 277 g/mol. The Morgan fingerprint density at radius 2 is 1.95 bits per heavy atom. The second-order valence-corrected chi connectivity index (χ2v) is 4.44. The lowest BCUT2D eigenvalue weighted by Crippen LogP contribution is -2.07. The van der Waals surface area contributed by atoms with Gasteiger partial charge in [-0.05, 0) is 42.8 Å². The lowest BCUT2D eigenvalue weighted by atomic mass is 10.1. The number of halogens is 2. The van der Waals surface area contributed by atoms with E-state index in [0.29, 0.717) is 11.3 Å². The molecule has 2 aromatic rings. The van der Waals surface area contributed by atoms with Crippen LogP contribution in [0, 0.1) is 18.6 Å². The number of carbonyl (C=O) groups excluding carboxylic acids is 1.